The van der Waals surface area contributed by atoms with Gasteiger partial charge in [-0.15, -0.1) is 0 Å². The standard InChI is InChI=1S/C22H29N3O2/c1-17(2)22(26)25-12-9-20(10-13-25)24-15-19-7-3-4-8-21(19)27-16-18-6-5-11-23-14-18/h3-8,11,14,17,20,24H,9-10,12-13,15-16H2,1-2H3. The van der Waals surface area contributed by atoms with Gasteiger partial charge in [0.05, 0.1) is 0 Å². The molecule has 0 spiro atoms. The van der Waals surface area contributed by atoms with Gasteiger partial charge in [-0.2, -0.15) is 0 Å². The third-order valence-electron chi connectivity index (χ3n) is 4.97. The summed E-state index contributed by atoms with van der Waals surface area (Å²) in [6.45, 7) is 6.90. The Bertz CT molecular complexity index is 725. The number of rotatable bonds is 7. The summed E-state index contributed by atoms with van der Waals surface area (Å²) in [5, 5.41) is 3.63. The molecular formula is C22H29N3O2. The van der Waals surface area contributed by atoms with Crippen LogP contribution in [0, 0.1) is 5.92 Å². The van der Waals surface area contributed by atoms with E-state index in [2.05, 4.69) is 16.4 Å². The van der Waals surface area contributed by atoms with Gasteiger partial charge in [0.2, 0.25) is 5.91 Å². The maximum Gasteiger partial charge on any atom is 0.225 e. The van der Waals surface area contributed by atoms with Crippen molar-refractivity contribution >= 4 is 5.91 Å². The van der Waals surface area contributed by atoms with Crippen LogP contribution in [0.1, 0.15) is 37.8 Å². The minimum atomic E-state index is 0.0818. The number of nitrogens with one attached hydrogen (secondary N) is 1. The van der Waals surface area contributed by atoms with Crippen LogP contribution < -0.4 is 10.1 Å². The molecule has 0 radical (unpaired) electrons. The Kier molecular flexibility index (Phi) is 6.82. The van der Waals surface area contributed by atoms with Crippen LogP contribution in [0.15, 0.2) is 48.8 Å². The molecule has 1 aliphatic heterocycles. The maximum atomic E-state index is 12.1. The highest BCUT2D eigenvalue weighted by Crippen LogP contribution is 2.20. The van der Waals surface area contributed by atoms with E-state index in [0.717, 1.165) is 49.4 Å². The molecule has 5 nitrogen and oxygen atoms in total. The predicted molar refractivity (Wildman–Crippen MR) is 106 cm³/mol. The SMILES string of the molecule is CC(C)C(=O)N1CCC(NCc2ccccc2OCc2cccnc2)CC1. The molecule has 1 N–H and O–H groups in total. The molecule has 27 heavy (non-hydrogen) atoms. The van der Waals surface area contributed by atoms with E-state index >= 15 is 0 Å². The van der Waals surface area contributed by atoms with Crippen LogP contribution in [-0.4, -0.2) is 34.9 Å². The van der Waals surface area contributed by atoms with Crippen LogP contribution in [0.4, 0.5) is 0 Å². The fourth-order valence-electron chi connectivity index (χ4n) is 3.36. The van der Waals surface area contributed by atoms with Crippen molar-refractivity contribution < 1.29 is 9.53 Å². The molecule has 0 bridgehead atoms. The second kappa shape index (κ2) is 9.51. The summed E-state index contributed by atoms with van der Waals surface area (Å²) in [6, 6.07) is 12.5. The molecule has 0 aliphatic carbocycles. The minimum absolute atomic E-state index is 0.0818. The number of hydrogen-bond donors (Lipinski definition) is 1. The summed E-state index contributed by atoms with van der Waals surface area (Å²) in [5.74, 6) is 1.25. The molecule has 0 unspecified atom stereocenters. The lowest BCUT2D eigenvalue weighted by atomic mass is 10.0. The Morgan fingerprint density at radius 2 is 2.00 bits per heavy atom. The van der Waals surface area contributed by atoms with Crippen molar-refractivity contribution in [2.45, 2.75) is 45.9 Å². The second-order valence-corrected chi connectivity index (χ2v) is 7.39. The van der Waals surface area contributed by atoms with Crippen LogP contribution in [0.5, 0.6) is 5.75 Å². The van der Waals surface area contributed by atoms with Gasteiger partial charge in [-0.05, 0) is 25.0 Å². The number of likely N-dealkylation sites (tertiary alicyclic amines) is 1. The number of piperidine rings is 1. The van der Waals surface area contributed by atoms with Crippen molar-refractivity contribution in [1.82, 2.24) is 15.2 Å². The summed E-state index contributed by atoms with van der Waals surface area (Å²) in [4.78, 5) is 18.2. The van der Waals surface area contributed by atoms with E-state index in [1.807, 2.05) is 55.3 Å². The molecule has 144 valence electrons. The number of para-hydroxylation sites is 1. The average molecular weight is 367 g/mol. The lowest BCUT2D eigenvalue weighted by Gasteiger charge is -2.33. The lowest BCUT2D eigenvalue weighted by molar-refractivity contribution is -0.135. The van der Waals surface area contributed by atoms with Gasteiger partial charge in [0.15, 0.2) is 0 Å². The number of amides is 1. The topological polar surface area (TPSA) is 54.5 Å². The predicted octanol–water partition coefficient (Wildman–Crippen LogP) is 3.40. The molecule has 2 aromatic rings. The fourth-order valence-corrected chi connectivity index (χ4v) is 3.36. The van der Waals surface area contributed by atoms with E-state index in [0.29, 0.717) is 12.6 Å². The van der Waals surface area contributed by atoms with Gasteiger partial charge in [-0.1, -0.05) is 38.1 Å². The zero-order valence-electron chi connectivity index (χ0n) is 16.2. The van der Waals surface area contributed by atoms with E-state index in [-0.39, 0.29) is 11.8 Å². The molecule has 1 fully saturated rings. The van der Waals surface area contributed by atoms with Gasteiger partial charge < -0.3 is 15.0 Å². The number of nitrogens with zero attached hydrogens (tertiary/aromatic N) is 2. The highest BCUT2D eigenvalue weighted by molar-refractivity contribution is 5.78. The van der Waals surface area contributed by atoms with E-state index in [1.54, 1.807) is 6.20 Å². The summed E-state index contributed by atoms with van der Waals surface area (Å²) in [6.07, 6.45) is 5.59. The number of carbonyl (C=O) groups excluding carboxylic acids is 1. The first kappa shape index (κ1) is 19.4. The number of benzene rings is 1. The van der Waals surface area contributed by atoms with E-state index in [9.17, 15) is 4.79 Å². The van der Waals surface area contributed by atoms with Gasteiger partial charge in [0.25, 0.3) is 0 Å². The van der Waals surface area contributed by atoms with Gasteiger partial charge in [-0.25, -0.2) is 0 Å². The Morgan fingerprint density at radius 1 is 1.22 bits per heavy atom. The zero-order chi connectivity index (χ0) is 19.1. The van der Waals surface area contributed by atoms with Crippen LogP contribution in [-0.2, 0) is 17.9 Å². The summed E-state index contributed by atoms with van der Waals surface area (Å²) < 4.78 is 6.01. The molecule has 1 saturated heterocycles. The Morgan fingerprint density at radius 3 is 2.70 bits per heavy atom. The zero-order valence-corrected chi connectivity index (χ0v) is 16.2. The fraction of sp³-hybridized carbons (Fsp3) is 0.455. The summed E-state index contributed by atoms with van der Waals surface area (Å²) in [5.41, 5.74) is 2.21. The van der Waals surface area contributed by atoms with Crippen molar-refractivity contribution in [2.24, 2.45) is 5.92 Å². The lowest BCUT2D eigenvalue weighted by Crippen LogP contribution is -2.46. The Hall–Kier alpha value is -2.40. The number of ether oxygens (including phenoxy) is 1. The van der Waals surface area contributed by atoms with Gasteiger partial charge in [-0.3, -0.25) is 9.78 Å². The molecule has 2 heterocycles. The second-order valence-electron chi connectivity index (χ2n) is 7.39. The first-order valence-electron chi connectivity index (χ1n) is 9.75. The van der Waals surface area contributed by atoms with Crippen LogP contribution in [0.25, 0.3) is 0 Å². The van der Waals surface area contributed by atoms with Gasteiger partial charge in [0, 0.05) is 55.1 Å². The molecular weight excluding hydrogens is 338 g/mol. The minimum Gasteiger partial charge on any atom is -0.489 e. The Labute approximate surface area is 161 Å². The van der Waals surface area contributed by atoms with E-state index < -0.39 is 0 Å². The molecule has 0 atom stereocenters. The van der Waals surface area contributed by atoms with E-state index in [1.165, 1.54) is 0 Å². The van der Waals surface area contributed by atoms with Crippen LogP contribution in [0.3, 0.4) is 0 Å². The molecule has 1 amide bonds. The molecule has 0 saturated carbocycles. The molecule has 5 heteroatoms. The number of aromatic nitrogens is 1. The largest absolute Gasteiger partial charge is 0.489 e. The van der Waals surface area contributed by atoms with Gasteiger partial charge >= 0.3 is 0 Å². The molecule has 1 aromatic carbocycles. The highest BCUT2D eigenvalue weighted by Gasteiger charge is 2.24. The van der Waals surface area contributed by atoms with Crippen molar-refractivity contribution in [3.8, 4) is 5.75 Å². The number of carbonyl (C=O) groups is 1. The smallest absolute Gasteiger partial charge is 0.225 e. The summed E-state index contributed by atoms with van der Waals surface area (Å²) >= 11 is 0. The first-order chi connectivity index (χ1) is 13.1. The Balaban J connectivity index is 1.49. The van der Waals surface area contributed by atoms with Crippen molar-refractivity contribution in [3.63, 3.8) is 0 Å². The first-order valence-corrected chi connectivity index (χ1v) is 9.75. The molecule has 3 rings (SSSR count). The quantitative estimate of drug-likeness (QED) is 0.815. The number of pyridine rings is 1. The van der Waals surface area contributed by atoms with E-state index in [4.69, 9.17) is 4.74 Å². The highest BCUT2D eigenvalue weighted by atomic mass is 16.5. The van der Waals surface area contributed by atoms with Gasteiger partial charge in [0.1, 0.15) is 12.4 Å². The van der Waals surface area contributed by atoms with Crippen molar-refractivity contribution in [3.05, 3.63) is 59.9 Å². The normalized spacial score (nSPS) is 15.1. The monoisotopic (exact) mass is 367 g/mol. The third-order valence-corrected chi connectivity index (χ3v) is 4.97. The molecule has 1 aromatic heterocycles. The van der Waals surface area contributed by atoms with Crippen LogP contribution >= 0.6 is 0 Å². The van der Waals surface area contributed by atoms with Crippen molar-refractivity contribution in [1.29, 1.82) is 0 Å². The maximum absolute atomic E-state index is 12.1. The summed E-state index contributed by atoms with van der Waals surface area (Å²) in [7, 11) is 0. The number of hydrogen-bond acceptors (Lipinski definition) is 4. The third kappa shape index (κ3) is 5.54. The van der Waals surface area contributed by atoms with Crippen molar-refractivity contribution in [2.75, 3.05) is 13.1 Å². The van der Waals surface area contributed by atoms with Crippen LogP contribution in [0.2, 0.25) is 0 Å². The average Bonchev–Trinajstić information content (AvgIpc) is 2.72. The molecule has 1 aliphatic rings.